The van der Waals surface area contributed by atoms with E-state index in [2.05, 4.69) is 31.2 Å². The number of methoxy groups -OCH3 is 2. The summed E-state index contributed by atoms with van der Waals surface area (Å²) in [5, 5.41) is 22.7. The minimum absolute atomic E-state index is 0.0361. The van der Waals surface area contributed by atoms with Gasteiger partial charge in [0, 0.05) is 73.3 Å². The number of hydrogen-bond acceptors (Lipinski definition) is 10. The van der Waals surface area contributed by atoms with Crippen LogP contribution in [0.1, 0.15) is 24.0 Å². The van der Waals surface area contributed by atoms with Gasteiger partial charge in [-0.25, -0.2) is 9.97 Å². The first kappa shape index (κ1) is 32.4. The van der Waals surface area contributed by atoms with Crippen molar-refractivity contribution in [2.75, 3.05) is 39.2 Å². The first-order valence-corrected chi connectivity index (χ1v) is 15.3. The van der Waals surface area contributed by atoms with E-state index in [-0.39, 0.29) is 18.6 Å². The zero-order valence-electron chi connectivity index (χ0n) is 25.0. The van der Waals surface area contributed by atoms with Gasteiger partial charge in [-0.15, -0.1) is 0 Å². The third-order valence-electron chi connectivity index (χ3n) is 7.39. The number of benzene rings is 1. The van der Waals surface area contributed by atoms with Crippen molar-refractivity contribution in [2.45, 2.75) is 32.0 Å². The van der Waals surface area contributed by atoms with Gasteiger partial charge in [0.25, 0.3) is 0 Å². The highest BCUT2D eigenvalue weighted by molar-refractivity contribution is 6.39. The molecule has 3 aromatic heterocycles. The minimum atomic E-state index is 0.0361. The lowest BCUT2D eigenvalue weighted by Gasteiger charge is -2.17. The van der Waals surface area contributed by atoms with Crippen LogP contribution in [0.2, 0.25) is 10.0 Å². The lowest BCUT2D eigenvalue weighted by molar-refractivity contribution is -0.119. The Morgan fingerprint density at radius 2 is 1.78 bits per heavy atom. The van der Waals surface area contributed by atoms with Crippen LogP contribution in [0, 0.1) is 0 Å². The molecular weight excluding hydrogens is 617 g/mol. The molecule has 0 aliphatic carbocycles. The number of amides is 1. The summed E-state index contributed by atoms with van der Waals surface area (Å²) in [7, 11) is 3.16. The van der Waals surface area contributed by atoms with Crippen LogP contribution in [0.3, 0.4) is 0 Å². The van der Waals surface area contributed by atoms with E-state index in [1.165, 1.54) is 0 Å². The fourth-order valence-corrected chi connectivity index (χ4v) is 5.73. The second-order valence-electron chi connectivity index (χ2n) is 10.4. The number of aromatic nitrogens is 3. The Balaban J connectivity index is 1.38. The molecule has 13 heteroatoms. The number of carbonyl (C=O) groups excluding carboxylic acids is 1. The average molecular weight is 653 g/mol. The molecule has 1 aliphatic rings. The van der Waals surface area contributed by atoms with Crippen LogP contribution in [-0.4, -0.2) is 65.9 Å². The SMILES string of the molecule is COc1nc(-c2ccnc(-c3cccc(Nc4nccc(CNCCO)c4OC)c3Cl)c2Cl)ccc1CNC[C@@H]1CCC(=O)N1. The molecule has 5 N–H and O–H groups in total. The second kappa shape index (κ2) is 15.3. The van der Waals surface area contributed by atoms with Crippen molar-refractivity contribution in [3.05, 3.63) is 76.0 Å². The van der Waals surface area contributed by atoms with Crippen molar-refractivity contribution >= 4 is 40.6 Å². The molecule has 0 radical (unpaired) electrons. The quantitative estimate of drug-likeness (QED) is 0.122. The van der Waals surface area contributed by atoms with Crippen LogP contribution in [0.25, 0.3) is 22.5 Å². The van der Waals surface area contributed by atoms with Crippen LogP contribution in [0.15, 0.2) is 54.9 Å². The zero-order chi connectivity index (χ0) is 31.8. The molecule has 1 atom stereocenters. The molecule has 0 unspecified atom stereocenters. The second-order valence-corrected chi connectivity index (χ2v) is 11.1. The van der Waals surface area contributed by atoms with Crippen LogP contribution in [0.4, 0.5) is 11.5 Å². The Labute approximate surface area is 271 Å². The van der Waals surface area contributed by atoms with Crippen molar-refractivity contribution in [3.8, 4) is 34.1 Å². The van der Waals surface area contributed by atoms with Crippen LogP contribution in [0.5, 0.6) is 11.6 Å². The topological polar surface area (TPSA) is 143 Å². The molecule has 4 aromatic rings. The molecular formula is C32H35Cl2N7O4. The molecule has 1 aliphatic heterocycles. The molecule has 5 rings (SSSR count). The Kier molecular flexibility index (Phi) is 11.0. The van der Waals surface area contributed by atoms with E-state index in [0.717, 1.165) is 17.5 Å². The predicted octanol–water partition coefficient (Wildman–Crippen LogP) is 4.72. The third kappa shape index (κ3) is 7.63. The van der Waals surface area contributed by atoms with E-state index in [1.807, 2.05) is 36.4 Å². The predicted molar refractivity (Wildman–Crippen MR) is 175 cm³/mol. The number of ether oxygens (including phenoxy) is 2. The third-order valence-corrected chi connectivity index (χ3v) is 8.18. The van der Waals surface area contributed by atoms with Crippen molar-refractivity contribution in [1.29, 1.82) is 0 Å². The summed E-state index contributed by atoms with van der Waals surface area (Å²) in [6, 6.07) is 13.2. The van der Waals surface area contributed by atoms with Gasteiger partial charge in [0.15, 0.2) is 11.6 Å². The summed E-state index contributed by atoms with van der Waals surface area (Å²) in [6.45, 7) is 2.20. The number of carbonyl (C=O) groups is 1. The zero-order valence-corrected chi connectivity index (χ0v) is 26.5. The van der Waals surface area contributed by atoms with Crippen molar-refractivity contribution in [3.63, 3.8) is 0 Å². The summed E-state index contributed by atoms with van der Waals surface area (Å²) >= 11 is 13.9. The summed E-state index contributed by atoms with van der Waals surface area (Å²) in [5.41, 5.74) is 4.77. The number of aliphatic hydroxyl groups is 1. The summed E-state index contributed by atoms with van der Waals surface area (Å²) < 4.78 is 11.3. The lowest BCUT2D eigenvalue weighted by atomic mass is 10.1. The molecule has 236 valence electrons. The van der Waals surface area contributed by atoms with E-state index in [0.29, 0.717) is 88.3 Å². The minimum Gasteiger partial charge on any atom is -0.493 e. The summed E-state index contributed by atoms with van der Waals surface area (Å²) in [6.07, 6.45) is 4.74. The Morgan fingerprint density at radius 1 is 0.956 bits per heavy atom. The first-order valence-electron chi connectivity index (χ1n) is 14.5. The first-order chi connectivity index (χ1) is 21.9. The van der Waals surface area contributed by atoms with Gasteiger partial charge in [-0.05, 0) is 30.7 Å². The Bertz CT molecular complexity index is 1660. The maximum atomic E-state index is 11.5. The van der Waals surface area contributed by atoms with E-state index < -0.39 is 0 Å². The number of anilines is 2. The summed E-state index contributed by atoms with van der Waals surface area (Å²) in [4.78, 5) is 25.2. The van der Waals surface area contributed by atoms with Gasteiger partial charge in [-0.1, -0.05) is 41.4 Å². The van der Waals surface area contributed by atoms with Gasteiger partial charge >= 0.3 is 0 Å². The fraction of sp³-hybridized carbons (Fsp3) is 0.312. The highest BCUT2D eigenvalue weighted by Crippen LogP contribution is 2.41. The van der Waals surface area contributed by atoms with Crippen molar-refractivity contribution < 1.29 is 19.4 Å². The number of aliphatic hydroxyl groups excluding tert-OH is 1. The van der Waals surface area contributed by atoms with Crippen molar-refractivity contribution in [1.82, 2.24) is 30.9 Å². The number of hydrogen-bond donors (Lipinski definition) is 5. The molecule has 1 aromatic carbocycles. The van der Waals surface area contributed by atoms with Crippen molar-refractivity contribution in [2.24, 2.45) is 0 Å². The van der Waals surface area contributed by atoms with Gasteiger partial charge in [0.2, 0.25) is 11.8 Å². The van der Waals surface area contributed by atoms with Gasteiger partial charge in [0.1, 0.15) is 0 Å². The Morgan fingerprint density at radius 3 is 2.53 bits per heavy atom. The molecule has 0 saturated carbocycles. The van der Waals surface area contributed by atoms with E-state index in [9.17, 15) is 4.79 Å². The highest BCUT2D eigenvalue weighted by atomic mass is 35.5. The molecule has 0 bridgehead atoms. The van der Waals surface area contributed by atoms with Gasteiger partial charge in [0.05, 0.1) is 47.9 Å². The number of rotatable bonds is 14. The fourth-order valence-electron chi connectivity index (χ4n) is 5.16. The monoisotopic (exact) mass is 651 g/mol. The van der Waals surface area contributed by atoms with E-state index in [1.54, 1.807) is 32.7 Å². The molecule has 1 amide bonds. The molecule has 45 heavy (non-hydrogen) atoms. The molecule has 1 fully saturated rings. The number of nitrogens with zero attached hydrogens (tertiary/aromatic N) is 3. The van der Waals surface area contributed by atoms with Gasteiger partial charge in [-0.3, -0.25) is 9.78 Å². The molecule has 1 saturated heterocycles. The molecule has 0 spiro atoms. The smallest absolute Gasteiger partial charge is 0.220 e. The van der Waals surface area contributed by atoms with Crippen LogP contribution < -0.4 is 30.7 Å². The largest absolute Gasteiger partial charge is 0.493 e. The number of pyridine rings is 3. The van der Waals surface area contributed by atoms with E-state index in [4.69, 9.17) is 42.8 Å². The average Bonchev–Trinajstić information content (AvgIpc) is 3.47. The molecule has 4 heterocycles. The number of nitrogens with one attached hydrogen (secondary N) is 4. The van der Waals surface area contributed by atoms with Crippen LogP contribution in [-0.2, 0) is 17.9 Å². The maximum Gasteiger partial charge on any atom is 0.220 e. The van der Waals surface area contributed by atoms with Gasteiger partial charge < -0.3 is 35.8 Å². The van der Waals surface area contributed by atoms with Crippen LogP contribution >= 0.6 is 23.2 Å². The highest BCUT2D eigenvalue weighted by Gasteiger charge is 2.21. The lowest BCUT2D eigenvalue weighted by Crippen LogP contribution is -2.35. The summed E-state index contributed by atoms with van der Waals surface area (Å²) in [5.74, 6) is 1.62. The van der Waals surface area contributed by atoms with E-state index >= 15 is 0 Å². The Hall–Kier alpha value is -4.00. The number of halogens is 2. The molecule has 11 nitrogen and oxygen atoms in total. The van der Waals surface area contributed by atoms with Gasteiger partial charge in [-0.2, -0.15) is 0 Å². The normalized spacial score (nSPS) is 14.3. The maximum absolute atomic E-state index is 11.5. The standard InChI is InChI=1S/C32H35Cl2N7O4/c1-44-30-19(16-35-14-15-42)10-12-38-31(30)40-25-5-3-4-23(27(25)33)29-28(34)22(11-13-37-29)24-8-6-20(32(41-24)45-2)17-36-18-21-7-9-26(43)39-21/h3-6,8,10-13,21,35-36,42H,7,9,14-18H2,1-2H3,(H,38,40)(H,39,43)/t21-/m0/s1.